The van der Waals surface area contributed by atoms with E-state index in [0.717, 1.165) is 6.08 Å². The van der Waals surface area contributed by atoms with Crippen LogP contribution in [0.2, 0.25) is 0 Å². The molecule has 1 aromatic carbocycles. The van der Waals surface area contributed by atoms with Crippen molar-refractivity contribution in [2.24, 2.45) is 5.92 Å². The lowest BCUT2D eigenvalue weighted by atomic mass is 10.1. The van der Waals surface area contributed by atoms with Gasteiger partial charge >= 0.3 is 0 Å². The zero-order chi connectivity index (χ0) is 18.4. The molecule has 1 atom stereocenters. The lowest BCUT2D eigenvalue weighted by molar-refractivity contribution is -0.127. The summed E-state index contributed by atoms with van der Waals surface area (Å²) in [4.78, 5) is 23.3. The number of hydrazine groups is 1. The molecule has 1 fully saturated rings. The maximum atomic E-state index is 13.5. The van der Waals surface area contributed by atoms with E-state index in [-0.39, 0.29) is 29.6 Å². The van der Waals surface area contributed by atoms with Crippen molar-refractivity contribution in [3.8, 4) is 5.75 Å². The molecule has 7 nitrogen and oxygen atoms in total. The fourth-order valence-electron chi connectivity index (χ4n) is 2.48. The summed E-state index contributed by atoms with van der Waals surface area (Å²) in [6, 6.07) is 4.22. The van der Waals surface area contributed by atoms with Gasteiger partial charge in [-0.1, -0.05) is 6.07 Å². The Hall–Kier alpha value is -2.42. The van der Waals surface area contributed by atoms with E-state index in [2.05, 4.69) is 10.9 Å². The largest absolute Gasteiger partial charge is 0.494 e. The molecule has 1 saturated heterocycles. The zero-order valence-corrected chi connectivity index (χ0v) is 14.4. The van der Waals surface area contributed by atoms with Crippen LogP contribution in [0.25, 0.3) is 6.08 Å². The van der Waals surface area contributed by atoms with Gasteiger partial charge in [0.15, 0.2) is 21.4 Å². The van der Waals surface area contributed by atoms with Crippen LogP contribution >= 0.6 is 0 Å². The zero-order valence-electron chi connectivity index (χ0n) is 13.6. The van der Waals surface area contributed by atoms with Crippen LogP contribution in [-0.4, -0.2) is 38.8 Å². The molecule has 1 aromatic rings. The van der Waals surface area contributed by atoms with Crippen LogP contribution in [0.1, 0.15) is 18.4 Å². The molecule has 0 bridgehead atoms. The molecule has 1 aliphatic heterocycles. The number of rotatable bonds is 5. The Kier molecular flexibility index (Phi) is 6.13. The minimum absolute atomic E-state index is 0.00268. The Balaban J connectivity index is 1.78. The molecular formula is C16H19FN2O5S. The monoisotopic (exact) mass is 370 g/mol. The Labute approximate surface area is 145 Å². The average Bonchev–Trinajstić information content (AvgIpc) is 2.89. The van der Waals surface area contributed by atoms with Crippen molar-refractivity contribution in [2.75, 3.05) is 18.6 Å². The Bertz CT molecular complexity index is 792. The summed E-state index contributed by atoms with van der Waals surface area (Å²) in [5.41, 5.74) is 4.87. The molecule has 1 heterocycles. The number of sulfone groups is 1. The van der Waals surface area contributed by atoms with Gasteiger partial charge in [-0.05, 0) is 36.1 Å². The molecule has 9 heteroatoms. The van der Waals surface area contributed by atoms with Crippen LogP contribution < -0.4 is 15.6 Å². The molecular weight excluding hydrogens is 351 g/mol. The van der Waals surface area contributed by atoms with Gasteiger partial charge in [0.25, 0.3) is 5.91 Å². The normalized spacial score (nSPS) is 18.9. The number of halogens is 1. The number of nitrogens with one attached hydrogen (secondary N) is 2. The van der Waals surface area contributed by atoms with Crippen molar-refractivity contribution in [3.05, 3.63) is 35.7 Å². The van der Waals surface area contributed by atoms with Gasteiger partial charge in [0, 0.05) is 12.5 Å². The predicted molar refractivity (Wildman–Crippen MR) is 89.6 cm³/mol. The smallest absolute Gasteiger partial charge is 0.262 e. The molecule has 0 aromatic heterocycles. The fraction of sp³-hybridized carbons (Fsp3) is 0.375. The number of ether oxygens (including phenoxy) is 1. The number of amides is 2. The third kappa shape index (κ3) is 5.86. The van der Waals surface area contributed by atoms with E-state index < -0.39 is 27.5 Å². The molecule has 136 valence electrons. The van der Waals surface area contributed by atoms with E-state index in [4.69, 9.17) is 4.74 Å². The Morgan fingerprint density at radius 3 is 2.72 bits per heavy atom. The first-order chi connectivity index (χ1) is 11.8. The molecule has 0 unspecified atom stereocenters. The highest BCUT2D eigenvalue weighted by Crippen LogP contribution is 2.21. The van der Waals surface area contributed by atoms with Crippen molar-refractivity contribution in [1.29, 1.82) is 0 Å². The minimum atomic E-state index is -3.04. The van der Waals surface area contributed by atoms with Crippen molar-refractivity contribution < 1.29 is 27.1 Å². The summed E-state index contributed by atoms with van der Waals surface area (Å²) in [7, 11) is -1.69. The summed E-state index contributed by atoms with van der Waals surface area (Å²) in [5, 5.41) is 0. The molecule has 1 aliphatic rings. The standard InChI is InChI=1S/C16H19FN2O5S/c1-24-14-4-2-11(8-13(14)17)3-5-15(20)18-19-16(21)9-12-6-7-25(22,23)10-12/h2-5,8,12H,6-7,9-10H2,1H3,(H,18,20)(H,19,21)/b5-3+/t12-/m0/s1. The molecule has 0 radical (unpaired) electrons. The van der Waals surface area contributed by atoms with Crippen LogP contribution in [0.3, 0.4) is 0 Å². The van der Waals surface area contributed by atoms with Crippen LogP contribution in [0.15, 0.2) is 24.3 Å². The number of benzene rings is 1. The molecule has 2 amide bonds. The number of carbonyl (C=O) groups is 2. The molecule has 25 heavy (non-hydrogen) atoms. The first-order valence-corrected chi connectivity index (χ1v) is 9.42. The van der Waals surface area contributed by atoms with E-state index in [0.29, 0.717) is 12.0 Å². The van der Waals surface area contributed by atoms with E-state index in [1.54, 1.807) is 6.07 Å². The Morgan fingerprint density at radius 2 is 2.12 bits per heavy atom. The number of hydrogen-bond acceptors (Lipinski definition) is 5. The predicted octanol–water partition coefficient (Wildman–Crippen LogP) is 0.820. The maximum Gasteiger partial charge on any atom is 0.262 e. The Morgan fingerprint density at radius 1 is 1.36 bits per heavy atom. The second-order valence-electron chi connectivity index (χ2n) is 5.74. The number of methoxy groups -OCH3 is 1. The van der Waals surface area contributed by atoms with Gasteiger partial charge in [-0.3, -0.25) is 20.4 Å². The summed E-state index contributed by atoms with van der Waals surface area (Å²) in [5.74, 6) is -1.63. The second-order valence-corrected chi connectivity index (χ2v) is 7.97. The summed E-state index contributed by atoms with van der Waals surface area (Å²) < 4.78 is 41.0. The van der Waals surface area contributed by atoms with Crippen LogP contribution in [0.4, 0.5) is 4.39 Å². The summed E-state index contributed by atoms with van der Waals surface area (Å²) in [6.45, 7) is 0. The van der Waals surface area contributed by atoms with Gasteiger partial charge in [-0.15, -0.1) is 0 Å². The highest BCUT2D eigenvalue weighted by molar-refractivity contribution is 7.91. The van der Waals surface area contributed by atoms with Gasteiger partial charge in [-0.2, -0.15) is 0 Å². The van der Waals surface area contributed by atoms with Crippen LogP contribution in [0, 0.1) is 11.7 Å². The lowest BCUT2D eigenvalue weighted by Gasteiger charge is -2.08. The maximum absolute atomic E-state index is 13.5. The topological polar surface area (TPSA) is 102 Å². The van der Waals surface area contributed by atoms with E-state index in [1.807, 2.05) is 0 Å². The second kappa shape index (κ2) is 8.11. The van der Waals surface area contributed by atoms with Gasteiger partial charge in [0.05, 0.1) is 18.6 Å². The molecule has 0 spiro atoms. The SMILES string of the molecule is COc1ccc(/C=C/C(=O)NNC(=O)C[C@@H]2CCS(=O)(=O)C2)cc1F. The molecule has 2 rings (SSSR count). The third-order valence-corrected chi connectivity index (χ3v) is 5.57. The van der Waals surface area contributed by atoms with Crippen molar-refractivity contribution in [2.45, 2.75) is 12.8 Å². The van der Waals surface area contributed by atoms with Crippen LogP contribution in [0.5, 0.6) is 5.75 Å². The quantitative estimate of drug-likeness (QED) is 0.590. The van der Waals surface area contributed by atoms with Gasteiger partial charge < -0.3 is 4.74 Å². The first-order valence-electron chi connectivity index (χ1n) is 7.60. The fourth-order valence-corrected chi connectivity index (χ4v) is 4.34. The van der Waals surface area contributed by atoms with Crippen molar-refractivity contribution in [1.82, 2.24) is 10.9 Å². The lowest BCUT2D eigenvalue weighted by Crippen LogP contribution is -2.41. The van der Waals surface area contributed by atoms with E-state index in [1.165, 1.54) is 25.3 Å². The number of hydrogen-bond donors (Lipinski definition) is 2. The van der Waals surface area contributed by atoms with Crippen molar-refractivity contribution in [3.63, 3.8) is 0 Å². The average molecular weight is 370 g/mol. The summed E-state index contributed by atoms with van der Waals surface area (Å²) >= 11 is 0. The van der Waals surface area contributed by atoms with Crippen molar-refractivity contribution >= 4 is 27.7 Å². The molecule has 0 aliphatic carbocycles. The van der Waals surface area contributed by atoms with E-state index in [9.17, 15) is 22.4 Å². The first kappa shape index (κ1) is 18.9. The highest BCUT2D eigenvalue weighted by Gasteiger charge is 2.29. The van der Waals surface area contributed by atoms with Gasteiger partial charge in [0.1, 0.15) is 0 Å². The molecule has 0 saturated carbocycles. The third-order valence-electron chi connectivity index (χ3n) is 3.73. The summed E-state index contributed by atoms with van der Waals surface area (Å²) in [6.07, 6.45) is 3.01. The van der Waals surface area contributed by atoms with E-state index >= 15 is 0 Å². The molecule has 2 N–H and O–H groups in total. The highest BCUT2D eigenvalue weighted by atomic mass is 32.2. The van der Waals surface area contributed by atoms with Crippen LogP contribution in [-0.2, 0) is 19.4 Å². The number of carbonyl (C=O) groups excluding carboxylic acids is 2. The van der Waals surface area contributed by atoms with Gasteiger partial charge in [-0.25, -0.2) is 12.8 Å². The van der Waals surface area contributed by atoms with Gasteiger partial charge in [0.2, 0.25) is 5.91 Å². The minimum Gasteiger partial charge on any atom is -0.494 e.